The number of imidazole rings is 1. The van der Waals surface area contributed by atoms with Gasteiger partial charge in [-0.25, -0.2) is 28.4 Å². The minimum Gasteiger partial charge on any atom is -0.382 e. The average molecular weight is 346 g/mol. The third kappa shape index (κ3) is 2.94. The standard InChI is InChI=1S/C15H18N6O2S/c1-10-11(2)20-14(16)12-13(10)21(9-19-12)7-4-8-24(22,23)15-17-5-3-6-18-15/h3,5-6,9H,4,7-8H2,1-2H3,(H2,16,20). The quantitative estimate of drug-likeness (QED) is 0.692. The lowest BCUT2D eigenvalue weighted by atomic mass is 10.2. The van der Waals surface area contributed by atoms with Crippen LogP contribution in [-0.4, -0.2) is 38.7 Å². The van der Waals surface area contributed by atoms with E-state index in [-0.39, 0.29) is 10.9 Å². The second-order valence-electron chi connectivity index (χ2n) is 5.55. The van der Waals surface area contributed by atoms with Gasteiger partial charge in [-0.15, -0.1) is 0 Å². The second-order valence-corrected chi connectivity index (χ2v) is 7.55. The third-order valence-electron chi connectivity index (χ3n) is 3.90. The number of sulfone groups is 1. The van der Waals surface area contributed by atoms with Crippen molar-refractivity contribution in [2.75, 3.05) is 11.5 Å². The monoisotopic (exact) mass is 346 g/mol. The van der Waals surface area contributed by atoms with E-state index in [4.69, 9.17) is 5.73 Å². The molecule has 0 aliphatic carbocycles. The van der Waals surface area contributed by atoms with Crippen LogP contribution in [0, 0.1) is 13.8 Å². The van der Waals surface area contributed by atoms with Gasteiger partial charge in [0.05, 0.1) is 17.6 Å². The molecule has 0 aliphatic heterocycles. The molecule has 3 aromatic heterocycles. The van der Waals surface area contributed by atoms with Crippen LogP contribution in [0.15, 0.2) is 29.9 Å². The topological polar surface area (TPSA) is 117 Å². The van der Waals surface area contributed by atoms with Crippen LogP contribution in [-0.2, 0) is 16.4 Å². The van der Waals surface area contributed by atoms with Gasteiger partial charge in [0.25, 0.3) is 0 Å². The fourth-order valence-electron chi connectivity index (χ4n) is 2.58. The Hall–Kier alpha value is -2.55. The number of hydrogen-bond acceptors (Lipinski definition) is 7. The lowest BCUT2D eigenvalue weighted by Gasteiger charge is -2.09. The maximum atomic E-state index is 12.2. The number of pyridine rings is 1. The minimum absolute atomic E-state index is 0.0325. The summed E-state index contributed by atoms with van der Waals surface area (Å²) in [6, 6.07) is 1.58. The molecule has 3 heterocycles. The molecule has 0 atom stereocenters. The predicted octanol–water partition coefficient (Wildman–Crippen LogP) is 1.28. The highest BCUT2D eigenvalue weighted by Crippen LogP contribution is 2.24. The maximum absolute atomic E-state index is 12.2. The van der Waals surface area contributed by atoms with Crippen LogP contribution in [0.2, 0.25) is 0 Å². The van der Waals surface area contributed by atoms with Crippen LogP contribution in [0.4, 0.5) is 5.82 Å². The third-order valence-corrected chi connectivity index (χ3v) is 5.49. The summed E-state index contributed by atoms with van der Waals surface area (Å²) in [5, 5.41) is -0.138. The number of nitrogens with zero attached hydrogens (tertiary/aromatic N) is 5. The first-order valence-corrected chi connectivity index (χ1v) is 9.12. The van der Waals surface area contributed by atoms with Gasteiger partial charge in [0.2, 0.25) is 15.0 Å². The normalized spacial score (nSPS) is 11.9. The summed E-state index contributed by atoms with van der Waals surface area (Å²) < 4.78 is 26.4. The smallest absolute Gasteiger partial charge is 0.246 e. The van der Waals surface area contributed by atoms with Crippen molar-refractivity contribution >= 4 is 26.7 Å². The number of fused-ring (bicyclic) bond motifs is 1. The highest BCUT2D eigenvalue weighted by molar-refractivity contribution is 7.91. The first kappa shape index (κ1) is 16.3. The van der Waals surface area contributed by atoms with Gasteiger partial charge in [-0.2, -0.15) is 0 Å². The van der Waals surface area contributed by atoms with Crippen LogP contribution in [0.25, 0.3) is 11.0 Å². The van der Waals surface area contributed by atoms with Crippen LogP contribution >= 0.6 is 0 Å². The van der Waals surface area contributed by atoms with Crippen molar-refractivity contribution in [3.05, 3.63) is 36.0 Å². The second kappa shape index (κ2) is 6.16. The van der Waals surface area contributed by atoms with E-state index in [0.29, 0.717) is 24.3 Å². The molecular weight excluding hydrogens is 328 g/mol. The molecule has 0 radical (unpaired) electrons. The Bertz CT molecular complexity index is 982. The van der Waals surface area contributed by atoms with Gasteiger partial charge in [0.15, 0.2) is 5.82 Å². The molecule has 0 fully saturated rings. The molecule has 0 spiro atoms. The first-order chi connectivity index (χ1) is 11.4. The van der Waals surface area contributed by atoms with Crippen molar-refractivity contribution in [1.29, 1.82) is 0 Å². The van der Waals surface area contributed by atoms with E-state index in [1.165, 1.54) is 12.4 Å². The molecule has 3 rings (SSSR count). The molecule has 0 saturated carbocycles. The minimum atomic E-state index is -3.49. The van der Waals surface area contributed by atoms with Crippen LogP contribution in [0.1, 0.15) is 17.7 Å². The zero-order chi connectivity index (χ0) is 17.3. The van der Waals surface area contributed by atoms with Crippen molar-refractivity contribution in [1.82, 2.24) is 24.5 Å². The molecule has 9 heteroatoms. The van der Waals surface area contributed by atoms with Gasteiger partial charge in [-0.05, 0) is 31.9 Å². The number of aromatic nitrogens is 5. The van der Waals surface area contributed by atoms with Gasteiger partial charge in [-0.1, -0.05) is 0 Å². The fourth-order valence-corrected chi connectivity index (χ4v) is 3.72. The summed E-state index contributed by atoms with van der Waals surface area (Å²) in [6.07, 6.45) is 4.93. The highest BCUT2D eigenvalue weighted by Gasteiger charge is 2.18. The summed E-state index contributed by atoms with van der Waals surface area (Å²) in [5.74, 6) is 0.354. The number of nitrogen functional groups attached to an aromatic ring is 1. The van der Waals surface area contributed by atoms with Gasteiger partial charge in [-0.3, -0.25) is 0 Å². The van der Waals surface area contributed by atoms with Crippen LogP contribution < -0.4 is 5.73 Å². The summed E-state index contributed by atoms with van der Waals surface area (Å²) in [5.41, 5.74) is 9.29. The maximum Gasteiger partial charge on any atom is 0.246 e. The number of aryl methyl sites for hydroxylation is 3. The molecule has 3 aromatic rings. The number of hydrogen-bond donors (Lipinski definition) is 1. The number of anilines is 1. The highest BCUT2D eigenvalue weighted by atomic mass is 32.2. The van der Waals surface area contributed by atoms with Gasteiger partial charge < -0.3 is 10.3 Å². The lowest BCUT2D eigenvalue weighted by Crippen LogP contribution is -2.12. The zero-order valence-electron chi connectivity index (χ0n) is 13.5. The van der Waals surface area contributed by atoms with E-state index < -0.39 is 9.84 Å². The molecule has 2 N–H and O–H groups in total. The Kier molecular flexibility index (Phi) is 4.18. The molecule has 0 amide bonds. The summed E-state index contributed by atoms with van der Waals surface area (Å²) in [6.45, 7) is 4.35. The zero-order valence-corrected chi connectivity index (χ0v) is 14.3. The van der Waals surface area contributed by atoms with E-state index in [1.807, 2.05) is 18.4 Å². The van der Waals surface area contributed by atoms with Crippen molar-refractivity contribution in [3.63, 3.8) is 0 Å². The van der Waals surface area contributed by atoms with Crippen molar-refractivity contribution in [2.24, 2.45) is 0 Å². The molecule has 24 heavy (non-hydrogen) atoms. The van der Waals surface area contributed by atoms with Crippen LogP contribution in [0.5, 0.6) is 0 Å². The lowest BCUT2D eigenvalue weighted by molar-refractivity contribution is 0.578. The summed E-state index contributed by atoms with van der Waals surface area (Å²) >= 11 is 0. The molecule has 0 aromatic carbocycles. The molecule has 0 unspecified atom stereocenters. The van der Waals surface area contributed by atoms with E-state index in [2.05, 4.69) is 19.9 Å². The summed E-state index contributed by atoms with van der Waals surface area (Å²) in [4.78, 5) is 16.2. The Morgan fingerprint density at radius 2 is 1.88 bits per heavy atom. The Morgan fingerprint density at radius 3 is 2.58 bits per heavy atom. The Labute approximate surface area is 139 Å². The molecular formula is C15H18N6O2S. The van der Waals surface area contributed by atoms with E-state index in [9.17, 15) is 8.42 Å². The van der Waals surface area contributed by atoms with Gasteiger partial charge in [0.1, 0.15) is 5.52 Å². The predicted molar refractivity (Wildman–Crippen MR) is 90.1 cm³/mol. The Morgan fingerprint density at radius 1 is 1.17 bits per heavy atom. The van der Waals surface area contributed by atoms with Crippen molar-refractivity contribution in [2.45, 2.75) is 32.0 Å². The van der Waals surface area contributed by atoms with E-state index >= 15 is 0 Å². The largest absolute Gasteiger partial charge is 0.382 e. The van der Waals surface area contributed by atoms with E-state index in [0.717, 1.165) is 16.8 Å². The van der Waals surface area contributed by atoms with Gasteiger partial charge in [0, 0.05) is 24.6 Å². The average Bonchev–Trinajstić information content (AvgIpc) is 2.98. The molecule has 0 aliphatic rings. The first-order valence-electron chi connectivity index (χ1n) is 7.47. The number of rotatable bonds is 5. The molecule has 8 nitrogen and oxygen atoms in total. The van der Waals surface area contributed by atoms with Gasteiger partial charge >= 0.3 is 0 Å². The Balaban J connectivity index is 1.80. The van der Waals surface area contributed by atoms with E-state index in [1.54, 1.807) is 12.4 Å². The van der Waals surface area contributed by atoms with Crippen molar-refractivity contribution < 1.29 is 8.42 Å². The number of nitrogens with two attached hydrogens (primary N) is 1. The fraction of sp³-hybridized carbons (Fsp3) is 0.333. The van der Waals surface area contributed by atoms with Crippen molar-refractivity contribution in [3.8, 4) is 0 Å². The SMILES string of the molecule is Cc1nc(N)c2ncn(CCCS(=O)(=O)c3ncccn3)c2c1C. The molecule has 0 saturated heterocycles. The molecule has 0 bridgehead atoms. The molecule has 126 valence electrons. The van der Waals surface area contributed by atoms with Crippen LogP contribution in [0.3, 0.4) is 0 Å². The summed E-state index contributed by atoms with van der Waals surface area (Å²) in [7, 11) is -3.49.